The molecular weight excluding hydrogens is 297 g/mol. The molecule has 0 bridgehead atoms. The Morgan fingerprint density at radius 2 is 1.78 bits per heavy atom. The number of H-pyrrole nitrogens is 1. The predicted octanol–water partition coefficient (Wildman–Crippen LogP) is 1.98. The number of hydrogen-bond acceptors (Lipinski definition) is 3. The normalized spacial score (nSPS) is 10.9. The van der Waals surface area contributed by atoms with Crippen LogP contribution in [-0.4, -0.2) is 5.27 Å². The molecule has 1 aromatic heterocycles. The van der Waals surface area contributed by atoms with Crippen LogP contribution in [0.15, 0.2) is 57.8 Å². The molecule has 0 spiro atoms. The van der Waals surface area contributed by atoms with E-state index in [-0.39, 0.29) is 5.82 Å². The van der Waals surface area contributed by atoms with Gasteiger partial charge in [0.05, 0.1) is 6.54 Å². The zero-order chi connectivity index (χ0) is 16.2. The highest BCUT2D eigenvalue weighted by atomic mass is 19.1. The van der Waals surface area contributed by atoms with E-state index in [1.807, 2.05) is 31.2 Å². The van der Waals surface area contributed by atoms with Gasteiger partial charge in [-0.3, -0.25) is 4.52 Å². The minimum Gasteiger partial charge on any atom is -0.303 e. The number of aromatic amines is 1. The highest BCUT2D eigenvalue weighted by molar-refractivity contribution is 5.26. The summed E-state index contributed by atoms with van der Waals surface area (Å²) < 4.78 is 19.4. The maximum atomic E-state index is 12.9. The summed E-state index contributed by atoms with van der Waals surface area (Å²) in [4.78, 5) is 11.9. The summed E-state index contributed by atoms with van der Waals surface area (Å²) in [5.74, 6) is -0.266. The second-order valence-electron chi connectivity index (χ2n) is 5.33. The van der Waals surface area contributed by atoms with Crippen LogP contribution in [0.5, 0.6) is 0 Å². The summed E-state index contributed by atoms with van der Waals surface area (Å²) in [6.45, 7) is 2.85. The zero-order valence-electron chi connectivity index (χ0n) is 12.7. The first-order valence-corrected chi connectivity index (χ1v) is 7.28. The topological polar surface area (TPSA) is 61.9 Å². The van der Waals surface area contributed by atoms with Gasteiger partial charge in [-0.15, -0.1) is 0 Å². The van der Waals surface area contributed by atoms with Crippen LogP contribution in [0.3, 0.4) is 0 Å². The summed E-state index contributed by atoms with van der Waals surface area (Å²) in [5.41, 5.74) is 2.94. The molecule has 118 valence electrons. The van der Waals surface area contributed by atoms with Crippen molar-refractivity contribution in [1.82, 2.24) is 10.6 Å². The molecular formula is C17H17FN3O2+. The summed E-state index contributed by atoms with van der Waals surface area (Å²) in [6, 6.07) is 14.0. The lowest BCUT2D eigenvalue weighted by molar-refractivity contribution is -0.677. The third kappa shape index (κ3) is 3.54. The van der Waals surface area contributed by atoms with E-state index in [4.69, 9.17) is 4.52 Å². The molecule has 0 unspecified atom stereocenters. The van der Waals surface area contributed by atoms with E-state index in [9.17, 15) is 9.18 Å². The lowest BCUT2D eigenvalue weighted by Gasteiger charge is -2.01. The lowest BCUT2D eigenvalue weighted by atomic mass is 10.2. The van der Waals surface area contributed by atoms with Crippen molar-refractivity contribution in [2.45, 2.75) is 20.0 Å². The Kier molecular flexibility index (Phi) is 4.34. The predicted molar refractivity (Wildman–Crippen MR) is 82.5 cm³/mol. The van der Waals surface area contributed by atoms with E-state index < -0.39 is 5.63 Å². The number of aryl methyl sites for hydroxylation is 1. The van der Waals surface area contributed by atoms with Crippen LogP contribution in [-0.2, 0) is 13.1 Å². The molecule has 0 atom stereocenters. The van der Waals surface area contributed by atoms with E-state index in [1.165, 1.54) is 12.1 Å². The molecule has 2 aromatic carbocycles. The molecule has 0 aliphatic carbocycles. The Morgan fingerprint density at radius 1 is 1.09 bits per heavy atom. The third-order valence-electron chi connectivity index (χ3n) is 3.56. The maximum Gasteiger partial charge on any atom is 0.431 e. The van der Waals surface area contributed by atoms with Crippen LogP contribution in [0.25, 0.3) is 5.69 Å². The molecule has 0 aliphatic rings. The number of benzene rings is 2. The molecule has 0 amide bonds. The van der Waals surface area contributed by atoms with Gasteiger partial charge < -0.3 is 5.32 Å². The minimum absolute atomic E-state index is 0.266. The quantitative estimate of drug-likeness (QED) is 0.708. The Hall–Kier alpha value is -2.73. The van der Waals surface area contributed by atoms with Crippen molar-refractivity contribution in [3.8, 4) is 5.69 Å². The highest BCUT2D eigenvalue weighted by Crippen LogP contribution is 2.04. The van der Waals surface area contributed by atoms with Crippen LogP contribution < -0.4 is 15.6 Å². The molecule has 2 N–H and O–H groups in total. The number of halogens is 1. The summed E-state index contributed by atoms with van der Waals surface area (Å²) in [7, 11) is 0. The van der Waals surface area contributed by atoms with Gasteiger partial charge >= 0.3 is 11.3 Å². The van der Waals surface area contributed by atoms with Gasteiger partial charge in [0.25, 0.3) is 0 Å². The average Bonchev–Trinajstić information content (AvgIpc) is 2.91. The Bertz CT molecular complexity index is 836. The SMILES string of the molecule is Cc1ccc(-[n+]2[nH]oc(=O)c2CNCc2ccc(F)cc2)cc1. The third-order valence-corrected chi connectivity index (χ3v) is 3.56. The minimum atomic E-state index is -0.419. The van der Waals surface area contributed by atoms with E-state index in [2.05, 4.69) is 10.6 Å². The van der Waals surface area contributed by atoms with Gasteiger partial charge in [0, 0.05) is 18.7 Å². The highest BCUT2D eigenvalue weighted by Gasteiger charge is 2.22. The van der Waals surface area contributed by atoms with Gasteiger partial charge in [-0.05, 0) is 34.6 Å². The summed E-state index contributed by atoms with van der Waals surface area (Å²) in [5, 5.41) is 5.77. The molecule has 3 aromatic rings. The van der Waals surface area contributed by atoms with Crippen LogP contribution in [0.1, 0.15) is 16.8 Å². The first kappa shape index (κ1) is 15.2. The molecule has 0 saturated carbocycles. The van der Waals surface area contributed by atoms with Crippen molar-refractivity contribution in [2.24, 2.45) is 0 Å². The van der Waals surface area contributed by atoms with Crippen molar-refractivity contribution >= 4 is 0 Å². The number of aromatic nitrogens is 2. The lowest BCUT2D eigenvalue weighted by Crippen LogP contribution is -2.40. The molecule has 0 fully saturated rings. The number of nitrogens with one attached hydrogen (secondary N) is 2. The van der Waals surface area contributed by atoms with Crippen molar-refractivity contribution in [1.29, 1.82) is 0 Å². The fourth-order valence-corrected chi connectivity index (χ4v) is 2.27. The number of hydrogen-bond donors (Lipinski definition) is 2. The fourth-order valence-electron chi connectivity index (χ4n) is 2.27. The van der Waals surface area contributed by atoms with Crippen LogP contribution in [0.2, 0.25) is 0 Å². The molecule has 0 aliphatic heterocycles. The van der Waals surface area contributed by atoms with Crippen molar-refractivity contribution in [3.63, 3.8) is 0 Å². The van der Waals surface area contributed by atoms with Gasteiger partial charge in [-0.2, -0.15) is 0 Å². The Labute approximate surface area is 132 Å². The standard InChI is InChI=1S/C17H16FN3O2/c1-12-2-8-15(9-3-12)21-16(17(22)23-20-21)11-19-10-13-4-6-14(18)7-5-13/h2-9,19H,10-11H2,1H3/p+1. The van der Waals surface area contributed by atoms with Gasteiger partial charge in [-0.25, -0.2) is 9.18 Å². The van der Waals surface area contributed by atoms with Crippen molar-refractivity contribution < 1.29 is 13.6 Å². The molecule has 0 radical (unpaired) electrons. The fraction of sp³-hybridized carbons (Fsp3) is 0.176. The first-order chi connectivity index (χ1) is 11.1. The van der Waals surface area contributed by atoms with Gasteiger partial charge in [0.1, 0.15) is 5.82 Å². The summed E-state index contributed by atoms with van der Waals surface area (Å²) >= 11 is 0. The van der Waals surface area contributed by atoms with Crippen molar-refractivity contribution in [2.75, 3.05) is 0 Å². The monoisotopic (exact) mass is 314 g/mol. The van der Waals surface area contributed by atoms with Crippen LogP contribution >= 0.6 is 0 Å². The maximum absolute atomic E-state index is 12.9. The van der Waals surface area contributed by atoms with Crippen LogP contribution in [0.4, 0.5) is 4.39 Å². The zero-order valence-corrected chi connectivity index (χ0v) is 12.7. The molecule has 5 nitrogen and oxygen atoms in total. The largest absolute Gasteiger partial charge is 0.431 e. The Morgan fingerprint density at radius 3 is 2.48 bits per heavy atom. The van der Waals surface area contributed by atoms with Crippen molar-refractivity contribution in [3.05, 3.63) is 81.6 Å². The molecule has 1 heterocycles. The average molecular weight is 314 g/mol. The van der Waals surface area contributed by atoms with Gasteiger partial charge in [-0.1, -0.05) is 29.8 Å². The molecule has 3 rings (SSSR count). The van der Waals surface area contributed by atoms with E-state index in [0.29, 0.717) is 18.8 Å². The summed E-state index contributed by atoms with van der Waals surface area (Å²) in [6.07, 6.45) is 0. The van der Waals surface area contributed by atoms with Gasteiger partial charge in [0.2, 0.25) is 5.69 Å². The van der Waals surface area contributed by atoms with Crippen LogP contribution in [0, 0.1) is 12.7 Å². The first-order valence-electron chi connectivity index (χ1n) is 7.28. The van der Waals surface area contributed by atoms with E-state index in [1.54, 1.807) is 16.8 Å². The van der Waals surface area contributed by atoms with Gasteiger partial charge in [0.15, 0.2) is 0 Å². The molecule has 23 heavy (non-hydrogen) atoms. The second-order valence-corrected chi connectivity index (χ2v) is 5.33. The molecule has 0 saturated heterocycles. The Balaban J connectivity index is 1.73. The second kappa shape index (κ2) is 6.58. The number of rotatable bonds is 5. The van der Waals surface area contributed by atoms with E-state index in [0.717, 1.165) is 16.8 Å². The smallest absolute Gasteiger partial charge is 0.303 e. The number of nitrogens with zero attached hydrogens (tertiary/aromatic N) is 1. The molecule has 6 heteroatoms. The van der Waals surface area contributed by atoms with E-state index >= 15 is 0 Å².